The summed E-state index contributed by atoms with van der Waals surface area (Å²) in [6.07, 6.45) is 7.45. The predicted molar refractivity (Wildman–Crippen MR) is 177 cm³/mol. The lowest BCUT2D eigenvalue weighted by Gasteiger charge is -2.47. The van der Waals surface area contributed by atoms with Crippen molar-refractivity contribution in [3.05, 3.63) is 24.3 Å². The van der Waals surface area contributed by atoms with E-state index in [1.165, 1.54) is 0 Å². The number of rotatable bonds is 3. The summed E-state index contributed by atoms with van der Waals surface area (Å²) in [5, 5.41) is 21.4. The van der Waals surface area contributed by atoms with Gasteiger partial charge in [-0.05, 0) is 74.9 Å². The van der Waals surface area contributed by atoms with Crippen LogP contribution in [0.25, 0.3) is 0 Å². The van der Waals surface area contributed by atoms with E-state index in [-0.39, 0.29) is 85.4 Å². The second-order valence-electron chi connectivity index (χ2n) is 16.4. The minimum absolute atomic E-state index is 0.0167. The molecule has 0 radical (unpaired) electrons. The third-order valence-electron chi connectivity index (χ3n) is 12.8. The van der Waals surface area contributed by atoms with E-state index in [1.807, 2.05) is 0 Å². The fraction of sp³-hybridized carbons (Fsp3) is 0.868. The molecule has 0 saturated carbocycles. The van der Waals surface area contributed by atoms with E-state index in [0.717, 1.165) is 62.5 Å². The lowest BCUT2D eigenvalue weighted by molar-refractivity contribution is -0.277. The molecule has 8 fully saturated rings. The lowest BCUT2D eigenvalue weighted by atomic mass is 9.84. The van der Waals surface area contributed by atoms with Crippen molar-refractivity contribution in [2.45, 2.75) is 194 Å². The number of nitrogens with two attached hydrogens (primary N) is 1. The van der Waals surface area contributed by atoms with Gasteiger partial charge in [-0.1, -0.05) is 13.2 Å². The second-order valence-corrected chi connectivity index (χ2v) is 16.4. The van der Waals surface area contributed by atoms with Crippen molar-refractivity contribution < 1.29 is 48.2 Å². The Labute approximate surface area is 290 Å². The molecule has 8 saturated heterocycles. The zero-order valence-corrected chi connectivity index (χ0v) is 28.8. The molecule has 11 nitrogen and oxygen atoms in total. The number of ketones is 1. The average molecular weight is 688 g/mol. The van der Waals surface area contributed by atoms with Gasteiger partial charge in [0.05, 0.1) is 73.2 Å². The number of carbonyl (C=O) groups is 1. The zero-order valence-electron chi connectivity index (χ0n) is 28.8. The topological polar surface area (TPSA) is 148 Å². The molecule has 0 aromatic rings. The van der Waals surface area contributed by atoms with Crippen molar-refractivity contribution in [1.29, 1.82) is 0 Å². The van der Waals surface area contributed by atoms with Gasteiger partial charge in [0.1, 0.15) is 18.0 Å². The number of aliphatic hydroxyl groups is 2. The number of aliphatic hydroxyl groups excluding tert-OH is 2. The summed E-state index contributed by atoms with van der Waals surface area (Å²) in [4.78, 5) is 13.7. The molecule has 0 aromatic heterocycles. The molecule has 8 aliphatic rings. The number of hydrogen-bond donors (Lipinski definition) is 3. The van der Waals surface area contributed by atoms with Gasteiger partial charge in [0, 0.05) is 51.5 Å². The van der Waals surface area contributed by atoms with Crippen LogP contribution in [0.15, 0.2) is 24.3 Å². The minimum atomic E-state index is -0.924. The molecule has 10 unspecified atom stereocenters. The molecular formula is C38H57NO10. The van der Waals surface area contributed by atoms with Crippen molar-refractivity contribution >= 4 is 5.78 Å². The first-order valence-electron chi connectivity index (χ1n) is 19.2. The highest BCUT2D eigenvalue weighted by atomic mass is 16.7. The van der Waals surface area contributed by atoms with E-state index in [9.17, 15) is 15.0 Å². The van der Waals surface area contributed by atoms with Gasteiger partial charge in [0.25, 0.3) is 0 Å². The van der Waals surface area contributed by atoms with Crippen LogP contribution in [0.4, 0.5) is 0 Å². The Morgan fingerprint density at radius 2 is 1.57 bits per heavy atom. The van der Waals surface area contributed by atoms with Crippen LogP contribution in [0.5, 0.6) is 0 Å². The third-order valence-corrected chi connectivity index (χ3v) is 12.8. The molecule has 49 heavy (non-hydrogen) atoms. The summed E-state index contributed by atoms with van der Waals surface area (Å²) in [6.45, 7) is 8.94. The Morgan fingerprint density at radius 3 is 2.43 bits per heavy atom. The highest BCUT2D eigenvalue weighted by Crippen LogP contribution is 2.49. The number of fused-ring (bicyclic) bond motifs is 9. The van der Waals surface area contributed by atoms with E-state index >= 15 is 0 Å². The predicted octanol–water partition coefficient (Wildman–Crippen LogP) is 3.55. The van der Waals surface area contributed by atoms with Crippen LogP contribution in [0.2, 0.25) is 0 Å². The van der Waals surface area contributed by atoms with Crippen molar-refractivity contribution in [2.75, 3.05) is 6.54 Å². The molecule has 16 atom stereocenters. The van der Waals surface area contributed by atoms with Crippen molar-refractivity contribution in [2.24, 2.45) is 11.7 Å². The Kier molecular flexibility index (Phi) is 10.2. The molecule has 10 bridgehead atoms. The maximum Gasteiger partial charge on any atom is 0.172 e. The van der Waals surface area contributed by atoms with Crippen LogP contribution in [0.1, 0.15) is 103 Å². The molecule has 11 heteroatoms. The van der Waals surface area contributed by atoms with Gasteiger partial charge >= 0.3 is 0 Å². The summed E-state index contributed by atoms with van der Waals surface area (Å²) in [5.41, 5.74) is 7.95. The first kappa shape index (κ1) is 34.8. The van der Waals surface area contributed by atoms with Crippen LogP contribution >= 0.6 is 0 Å². The Balaban J connectivity index is 1.03. The van der Waals surface area contributed by atoms with E-state index in [4.69, 9.17) is 38.9 Å². The summed E-state index contributed by atoms with van der Waals surface area (Å²) >= 11 is 0. The first-order chi connectivity index (χ1) is 23.6. The van der Waals surface area contributed by atoms with Gasteiger partial charge < -0.3 is 49.1 Å². The number of hydrogen-bond acceptors (Lipinski definition) is 11. The van der Waals surface area contributed by atoms with Crippen molar-refractivity contribution in [3.63, 3.8) is 0 Å². The Morgan fingerprint density at radius 1 is 0.755 bits per heavy atom. The minimum Gasteiger partial charge on any atom is -0.392 e. The van der Waals surface area contributed by atoms with Gasteiger partial charge in [-0.3, -0.25) is 4.79 Å². The standard InChI is InChI=1S/C38H57NO10/c1-20-3-4-25-5-7-30-21(2)11-27(44-30)9-10-38-18-29(42)36(49-38)34-17-35(48-38)37-31(47-34)8-6-26(46-37)14-23(40)12-22-13-28(15-24(41)19-39)45-33(22)16-32(20)43-25/h22,24-37,41-42H,1-19,39H2/t22-,24?,25?,26-,27+,28+,29?,30?,31?,32?,33?,34?,35-,36?,37?,38-/m1/s1. The summed E-state index contributed by atoms with van der Waals surface area (Å²) in [7, 11) is 0. The highest BCUT2D eigenvalue weighted by molar-refractivity contribution is 5.79. The third kappa shape index (κ3) is 7.36. The monoisotopic (exact) mass is 687 g/mol. The molecule has 8 rings (SSSR count). The largest absolute Gasteiger partial charge is 0.392 e. The molecule has 0 amide bonds. The lowest BCUT2D eigenvalue weighted by Crippen LogP contribution is -2.58. The summed E-state index contributed by atoms with van der Waals surface area (Å²) in [6, 6.07) is 0. The number of carbonyl (C=O) groups excluding carboxylic acids is 1. The molecule has 8 heterocycles. The van der Waals surface area contributed by atoms with Crippen LogP contribution in [0, 0.1) is 5.92 Å². The van der Waals surface area contributed by atoms with Crippen LogP contribution in [-0.4, -0.2) is 114 Å². The van der Waals surface area contributed by atoms with Gasteiger partial charge in [-0.2, -0.15) is 0 Å². The average Bonchev–Trinajstić information content (AvgIpc) is 3.70. The molecule has 0 aromatic carbocycles. The smallest absolute Gasteiger partial charge is 0.172 e. The number of Topliss-reactive ketones (excluding diaryl/α,β-unsaturated/α-hetero) is 1. The molecule has 4 N–H and O–H groups in total. The fourth-order valence-corrected chi connectivity index (χ4v) is 10.2. The highest BCUT2D eigenvalue weighted by Gasteiger charge is 2.59. The molecule has 1 spiro atoms. The van der Waals surface area contributed by atoms with E-state index in [0.29, 0.717) is 51.4 Å². The van der Waals surface area contributed by atoms with Crippen molar-refractivity contribution in [1.82, 2.24) is 0 Å². The Hall–Kier alpha value is -1.25. The zero-order chi connectivity index (χ0) is 33.9. The second kappa shape index (κ2) is 14.3. The molecule has 0 aliphatic carbocycles. The van der Waals surface area contributed by atoms with E-state index in [2.05, 4.69) is 13.2 Å². The Bertz CT molecular complexity index is 1250. The van der Waals surface area contributed by atoms with Gasteiger partial charge in [0.2, 0.25) is 0 Å². The van der Waals surface area contributed by atoms with Crippen LogP contribution < -0.4 is 5.73 Å². The quantitative estimate of drug-likeness (QED) is 0.374. The molecular weight excluding hydrogens is 630 g/mol. The summed E-state index contributed by atoms with van der Waals surface area (Å²) in [5.74, 6) is -0.741. The van der Waals surface area contributed by atoms with Gasteiger partial charge in [-0.15, -0.1) is 0 Å². The molecule has 8 aliphatic heterocycles. The summed E-state index contributed by atoms with van der Waals surface area (Å²) < 4.78 is 46.5. The van der Waals surface area contributed by atoms with Crippen molar-refractivity contribution in [3.8, 4) is 0 Å². The molecule has 274 valence electrons. The van der Waals surface area contributed by atoms with Crippen LogP contribution in [-0.2, 0) is 38.0 Å². The normalized spacial score (nSPS) is 49.7. The van der Waals surface area contributed by atoms with Gasteiger partial charge in [-0.25, -0.2) is 0 Å². The van der Waals surface area contributed by atoms with Gasteiger partial charge in [0.15, 0.2) is 5.79 Å². The fourth-order valence-electron chi connectivity index (χ4n) is 10.2. The van der Waals surface area contributed by atoms with E-state index in [1.54, 1.807) is 0 Å². The SMILES string of the molecule is C=C1CCC2CCC3O[C@@H](CC[C@]45CC(O)C(O4)C4C[C@@H](O5)C5O[C@H](CCC5O4)CC(=O)C[C@@H]4C[C@@H](CC(O)CN)OC4CC1O2)CC3=C. The number of ether oxygens (including phenoxy) is 7. The first-order valence-corrected chi connectivity index (χ1v) is 19.2. The maximum absolute atomic E-state index is 13.7. The van der Waals surface area contributed by atoms with E-state index < -0.39 is 24.1 Å². The van der Waals surface area contributed by atoms with Crippen LogP contribution in [0.3, 0.4) is 0 Å². The maximum atomic E-state index is 13.7.